The average Bonchev–Trinajstić information content (AvgIpc) is 3.18. The van der Waals surface area contributed by atoms with E-state index >= 15 is 0 Å². The standard InChI is InChI=1S/C20H27NO2/c1-14(2)21(16-8-11-23-12-9-16)19(22)18-13-20(18)10-7-15-5-3-4-6-17(15)20/h3-6,14,16,18H,7-13H2,1-2H3. The first-order chi connectivity index (χ1) is 11.1. The highest BCUT2D eigenvalue weighted by Gasteiger charge is 2.62. The number of ether oxygens (including phenoxy) is 1. The third-order valence-electron chi connectivity index (χ3n) is 6.16. The third-order valence-corrected chi connectivity index (χ3v) is 6.16. The van der Waals surface area contributed by atoms with Crippen LogP contribution in [0.1, 0.15) is 50.7 Å². The van der Waals surface area contributed by atoms with Gasteiger partial charge < -0.3 is 9.64 Å². The van der Waals surface area contributed by atoms with Crippen molar-refractivity contribution >= 4 is 5.91 Å². The van der Waals surface area contributed by atoms with Crippen molar-refractivity contribution in [1.82, 2.24) is 4.90 Å². The lowest BCUT2D eigenvalue weighted by molar-refractivity contribution is -0.139. The van der Waals surface area contributed by atoms with Crippen molar-refractivity contribution in [3.63, 3.8) is 0 Å². The maximum absolute atomic E-state index is 13.3. The highest BCUT2D eigenvalue weighted by atomic mass is 16.5. The fraction of sp³-hybridized carbons (Fsp3) is 0.650. The van der Waals surface area contributed by atoms with E-state index in [1.54, 1.807) is 0 Å². The molecule has 2 aliphatic carbocycles. The molecule has 3 nitrogen and oxygen atoms in total. The molecule has 0 bridgehead atoms. The normalized spacial score (nSPS) is 29.8. The molecule has 3 aliphatic rings. The summed E-state index contributed by atoms with van der Waals surface area (Å²) in [6, 6.07) is 9.39. The maximum Gasteiger partial charge on any atom is 0.227 e. The molecular formula is C20H27NO2. The number of nitrogens with zero attached hydrogens (tertiary/aromatic N) is 1. The molecule has 0 radical (unpaired) electrons. The second kappa shape index (κ2) is 5.62. The Hall–Kier alpha value is -1.35. The lowest BCUT2D eigenvalue weighted by Gasteiger charge is -2.38. The van der Waals surface area contributed by atoms with E-state index in [9.17, 15) is 4.79 Å². The molecule has 2 fully saturated rings. The Labute approximate surface area is 139 Å². The fourth-order valence-corrected chi connectivity index (χ4v) is 4.92. The molecule has 1 aromatic carbocycles. The minimum atomic E-state index is 0.159. The lowest BCUT2D eigenvalue weighted by Crippen LogP contribution is -2.48. The molecule has 2 unspecified atom stereocenters. The Bertz CT molecular complexity index is 605. The van der Waals surface area contributed by atoms with Crippen LogP contribution in [0.25, 0.3) is 0 Å². The topological polar surface area (TPSA) is 29.5 Å². The molecule has 124 valence electrons. The van der Waals surface area contributed by atoms with Crippen LogP contribution in [0.4, 0.5) is 0 Å². The predicted octanol–water partition coefficient (Wildman–Crippen LogP) is 3.31. The molecule has 1 saturated heterocycles. The van der Waals surface area contributed by atoms with Crippen molar-refractivity contribution in [2.45, 2.75) is 63.5 Å². The van der Waals surface area contributed by atoms with Crippen LogP contribution >= 0.6 is 0 Å². The van der Waals surface area contributed by atoms with Crippen molar-refractivity contribution in [3.05, 3.63) is 35.4 Å². The number of carbonyl (C=O) groups is 1. The van der Waals surface area contributed by atoms with E-state index in [1.807, 2.05) is 0 Å². The summed E-state index contributed by atoms with van der Waals surface area (Å²) in [7, 11) is 0. The van der Waals surface area contributed by atoms with E-state index in [0.29, 0.717) is 11.9 Å². The Morgan fingerprint density at radius 1 is 1.26 bits per heavy atom. The Kier molecular flexibility index (Phi) is 3.72. The van der Waals surface area contributed by atoms with Gasteiger partial charge >= 0.3 is 0 Å². The summed E-state index contributed by atoms with van der Waals surface area (Å²) in [5.74, 6) is 0.597. The van der Waals surface area contributed by atoms with Crippen LogP contribution in [-0.4, -0.2) is 36.1 Å². The van der Waals surface area contributed by atoms with Crippen molar-refractivity contribution in [2.75, 3.05) is 13.2 Å². The first-order valence-electron chi connectivity index (χ1n) is 9.12. The molecular weight excluding hydrogens is 286 g/mol. The summed E-state index contributed by atoms with van der Waals surface area (Å²) < 4.78 is 5.49. The van der Waals surface area contributed by atoms with Crippen molar-refractivity contribution in [1.29, 1.82) is 0 Å². The molecule has 0 N–H and O–H groups in total. The zero-order valence-corrected chi connectivity index (χ0v) is 14.3. The van der Waals surface area contributed by atoms with Crippen LogP contribution in [0.5, 0.6) is 0 Å². The monoisotopic (exact) mass is 313 g/mol. The molecule has 1 aromatic rings. The van der Waals surface area contributed by atoms with E-state index in [2.05, 4.69) is 43.0 Å². The van der Waals surface area contributed by atoms with Crippen LogP contribution in [-0.2, 0) is 21.4 Å². The number of hydrogen-bond donors (Lipinski definition) is 0. The zero-order chi connectivity index (χ0) is 16.0. The summed E-state index contributed by atoms with van der Waals surface area (Å²) in [6.45, 7) is 5.90. The Balaban J connectivity index is 1.55. The smallest absolute Gasteiger partial charge is 0.227 e. The van der Waals surface area contributed by atoms with Gasteiger partial charge in [-0.05, 0) is 57.1 Å². The van der Waals surface area contributed by atoms with Gasteiger partial charge in [0.2, 0.25) is 5.91 Å². The highest BCUT2D eigenvalue weighted by molar-refractivity contribution is 5.85. The van der Waals surface area contributed by atoms with E-state index < -0.39 is 0 Å². The minimum Gasteiger partial charge on any atom is -0.381 e. The van der Waals surface area contributed by atoms with Gasteiger partial charge in [0, 0.05) is 36.6 Å². The minimum absolute atomic E-state index is 0.159. The summed E-state index contributed by atoms with van der Waals surface area (Å²) >= 11 is 0. The molecule has 1 saturated carbocycles. The first-order valence-corrected chi connectivity index (χ1v) is 9.12. The number of hydrogen-bond acceptors (Lipinski definition) is 2. The summed E-state index contributed by atoms with van der Waals surface area (Å²) in [5.41, 5.74) is 3.07. The van der Waals surface area contributed by atoms with Crippen molar-refractivity contribution in [3.8, 4) is 0 Å². The summed E-state index contributed by atoms with van der Waals surface area (Å²) in [5, 5.41) is 0. The zero-order valence-electron chi connectivity index (χ0n) is 14.3. The van der Waals surface area contributed by atoms with Gasteiger partial charge in [-0.2, -0.15) is 0 Å². The molecule has 0 aromatic heterocycles. The van der Waals surface area contributed by atoms with Gasteiger partial charge in [0.25, 0.3) is 0 Å². The molecule has 23 heavy (non-hydrogen) atoms. The van der Waals surface area contributed by atoms with E-state index in [-0.39, 0.29) is 17.4 Å². The Morgan fingerprint density at radius 3 is 2.74 bits per heavy atom. The highest BCUT2D eigenvalue weighted by Crippen LogP contribution is 2.62. The number of rotatable bonds is 3. The second-order valence-electron chi connectivity index (χ2n) is 7.75. The number of fused-ring (bicyclic) bond motifs is 2. The third kappa shape index (κ3) is 2.40. The van der Waals surface area contributed by atoms with Gasteiger partial charge in [-0.3, -0.25) is 4.79 Å². The number of benzene rings is 1. The van der Waals surface area contributed by atoms with Crippen LogP contribution in [0, 0.1) is 5.92 Å². The van der Waals surface area contributed by atoms with Crippen molar-refractivity contribution < 1.29 is 9.53 Å². The lowest BCUT2D eigenvalue weighted by atomic mass is 9.94. The van der Waals surface area contributed by atoms with Crippen LogP contribution in [0.15, 0.2) is 24.3 Å². The molecule has 2 atom stereocenters. The largest absolute Gasteiger partial charge is 0.381 e. The van der Waals surface area contributed by atoms with Gasteiger partial charge in [0.05, 0.1) is 0 Å². The molecule has 1 heterocycles. The fourth-order valence-electron chi connectivity index (χ4n) is 4.92. The SMILES string of the molecule is CC(C)N(C(=O)C1CC12CCc1ccccc12)C1CCOCC1. The molecule has 1 spiro atoms. The quantitative estimate of drug-likeness (QED) is 0.857. The van der Waals surface area contributed by atoms with E-state index in [4.69, 9.17) is 4.74 Å². The molecule has 4 rings (SSSR count). The molecule has 3 heteroatoms. The molecule has 1 amide bonds. The van der Waals surface area contributed by atoms with E-state index in [0.717, 1.165) is 45.3 Å². The number of aryl methyl sites for hydroxylation is 1. The van der Waals surface area contributed by atoms with E-state index in [1.165, 1.54) is 11.1 Å². The summed E-state index contributed by atoms with van der Waals surface area (Å²) in [4.78, 5) is 15.5. The van der Waals surface area contributed by atoms with Gasteiger partial charge in [0.15, 0.2) is 0 Å². The summed E-state index contributed by atoms with van der Waals surface area (Å²) in [6.07, 6.45) is 5.32. The van der Waals surface area contributed by atoms with Gasteiger partial charge in [0.1, 0.15) is 0 Å². The first kappa shape index (κ1) is 15.2. The number of amides is 1. The van der Waals surface area contributed by atoms with Crippen LogP contribution in [0.2, 0.25) is 0 Å². The van der Waals surface area contributed by atoms with Gasteiger partial charge in [-0.1, -0.05) is 24.3 Å². The average molecular weight is 313 g/mol. The number of carbonyl (C=O) groups excluding carboxylic acids is 1. The van der Waals surface area contributed by atoms with Gasteiger partial charge in [-0.25, -0.2) is 0 Å². The van der Waals surface area contributed by atoms with Crippen LogP contribution < -0.4 is 0 Å². The van der Waals surface area contributed by atoms with Gasteiger partial charge in [-0.15, -0.1) is 0 Å². The Morgan fingerprint density at radius 2 is 2.00 bits per heavy atom. The second-order valence-corrected chi connectivity index (χ2v) is 7.75. The van der Waals surface area contributed by atoms with Crippen LogP contribution in [0.3, 0.4) is 0 Å². The van der Waals surface area contributed by atoms with Crippen molar-refractivity contribution in [2.24, 2.45) is 5.92 Å². The molecule has 1 aliphatic heterocycles. The maximum atomic E-state index is 13.3. The predicted molar refractivity (Wildman–Crippen MR) is 90.4 cm³/mol.